The fourth-order valence-corrected chi connectivity index (χ4v) is 4.23. The van der Waals surface area contributed by atoms with Crippen LogP contribution in [0.2, 0.25) is 0 Å². The van der Waals surface area contributed by atoms with Crippen LogP contribution in [0.3, 0.4) is 0 Å². The van der Waals surface area contributed by atoms with Crippen LogP contribution in [0, 0.1) is 11.8 Å². The zero-order valence-corrected chi connectivity index (χ0v) is 11.7. The van der Waals surface area contributed by atoms with Crippen LogP contribution in [0.15, 0.2) is 18.2 Å². The third kappa shape index (κ3) is 1.96. The van der Waals surface area contributed by atoms with Crippen molar-refractivity contribution in [2.24, 2.45) is 11.8 Å². The molecule has 19 heavy (non-hydrogen) atoms. The van der Waals surface area contributed by atoms with Gasteiger partial charge in [0.15, 0.2) is 0 Å². The second-order valence-corrected chi connectivity index (χ2v) is 6.49. The maximum absolute atomic E-state index is 3.48. The first-order chi connectivity index (χ1) is 9.31. The average Bonchev–Trinajstić information content (AvgIpc) is 2.95. The minimum absolute atomic E-state index is 0.891. The van der Waals surface area contributed by atoms with E-state index in [0.717, 1.165) is 24.9 Å². The summed E-state index contributed by atoms with van der Waals surface area (Å²) in [6.45, 7) is 7.29. The standard InChI is InChI=1S/C16H23N3/c1-18-8-13-10-19(11-14(13)9-18)16-4-2-3-12-7-17-6-5-15(12)16/h2-4,13-14,17H,5-11H2,1H3. The van der Waals surface area contributed by atoms with Crippen LogP contribution < -0.4 is 10.2 Å². The predicted molar refractivity (Wildman–Crippen MR) is 78.5 cm³/mol. The van der Waals surface area contributed by atoms with Gasteiger partial charge in [0.1, 0.15) is 0 Å². The number of anilines is 1. The van der Waals surface area contributed by atoms with Gasteiger partial charge in [0.2, 0.25) is 0 Å². The summed E-state index contributed by atoms with van der Waals surface area (Å²) in [7, 11) is 2.26. The second-order valence-electron chi connectivity index (χ2n) is 6.49. The van der Waals surface area contributed by atoms with E-state index in [0.29, 0.717) is 0 Å². The van der Waals surface area contributed by atoms with Crippen LogP contribution >= 0.6 is 0 Å². The molecule has 4 rings (SSSR count). The zero-order valence-electron chi connectivity index (χ0n) is 11.7. The number of nitrogens with one attached hydrogen (secondary N) is 1. The number of fused-ring (bicyclic) bond motifs is 2. The number of rotatable bonds is 1. The fourth-order valence-electron chi connectivity index (χ4n) is 4.23. The van der Waals surface area contributed by atoms with E-state index in [1.807, 2.05) is 0 Å². The first kappa shape index (κ1) is 11.7. The highest BCUT2D eigenvalue weighted by atomic mass is 15.2. The SMILES string of the molecule is CN1CC2CN(c3cccc4c3CCNC4)CC2C1. The molecule has 3 aliphatic heterocycles. The van der Waals surface area contributed by atoms with E-state index in [1.54, 1.807) is 5.56 Å². The number of benzene rings is 1. The summed E-state index contributed by atoms with van der Waals surface area (Å²) in [5.74, 6) is 1.78. The van der Waals surface area contributed by atoms with Gasteiger partial charge in [-0.15, -0.1) is 0 Å². The van der Waals surface area contributed by atoms with Crippen LogP contribution in [0.4, 0.5) is 5.69 Å². The highest BCUT2D eigenvalue weighted by Crippen LogP contribution is 2.36. The number of hydrogen-bond acceptors (Lipinski definition) is 3. The summed E-state index contributed by atoms with van der Waals surface area (Å²) in [5, 5.41) is 3.48. The Balaban J connectivity index is 1.61. The van der Waals surface area contributed by atoms with Crippen molar-refractivity contribution in [1.82, 2.24) is 10.2 Å². The first-order valence-corrected chi connectivity index (χ1v) is 7.56. The molecule has 1 N–H and O–H groups in total. The monoisotopic (exact) mass is 257 g/mol. The van der Waals surface area contributed by atoms with Crippen molar-refractivity contribution in [2.75, 3.05) is 44.7 Å². The molecule has 3 heteroatoms. The molecule has 0 saturated carbocycles. The second kappa shape index (κ2) is 4.50. The highest BCUT2D eigenvalue weighted by molar-refractivity contribution is 5.58. The first-order valence-electron chi connectivity index (χ1n) is 7.56. The summed E-state index contributed by atoms with van der Waals surface area (Å²) in [6.07, 6.45) is 1.19. The van der Waals surface area contributed by atoms with Crippen LogP contribution in [-0.2, 0) is 13.0 Å². The topological polar surface area (TPSA) is 18.5 Å². The van der Waals surface area contributed by atoms with Gasteiger partial charge in [0, 0.05) is 38.4 Å². The minimum atomic E-state index is 0.891. The third-order valence-electron chi connectivity index (χ3n) is 5.13. The molecule has 0 spiro atoms. The van der Waals surface area contributed by atoms with E-state index in [-0.39, 0.29) is 0 Å². The van der Waals surface area contributed by atoms with Crippen molar-refractivity contribution in [3.8, 4) is 0 Å². The molecule has 3 heterocycles. The average molecular weight is 257 g/mol. The summed E-state index contributed by atoms with van der Waals surface area (Å²) in [5.41, 5.74) is 4.64. The largest absolute Gasteiger partial charge is 0.371 e. The molecule has 0 bridgehead atoms. The summed E-state index contributed by atoms with van der Waals surface area (Å²) in [4.78, 5) is 5.16. The molecule has 2 fully saturated rings. The Labute approximate surface area is 115 Å². The lowest BCUT2D eigenvalue weighted by Gasteiger charge is -2.28. The summed E-state index contributed by atoms with van der Waals surface area (Å²) >= 11 is 0. The predicted octanol–water partition coefficient (Wildman–Crippen LogP) is 1.33. The molecule has 0 aromatic heterocycles. The zero-order chi connectivity index (χ0) is 12.8. The van der Waals surface area contributed by atoms with Crippen molar-refractivity contribution in [2.45, 2.75) is 13.0 Å². The Morgan fingerprint density at radius 3 is 2.68 bits per heavy atom. The van der Waals surface area contributed by atoms with Gasteiger partial charge in [0.25, 0.3) is 0 Å². The van der Waals surface area contributed by atoms with E-state index in [9.17, 15) is 0 Å². The molecule has 102 valence electrons. The van der Waals surface area contributed by atoms with Gasteiger partial charge in [-0.3, -0.25) is 0 Å². The lowest BCUT2D eigenvalue weighted by Crippen LogP contribution is -2.30. The van der Waals surface area contributed by atoms with Gasteiger partial charge < -0.3 is 15.1 Å². The van der Waals surface area contributed by atoms with Crippen molar-refractivity contribution in [1.29, 1.82) is 0 Å². The smallest absolute Gasteiger partial charge is 0.0402 e. The fraction of sp³-hybridized carbons (Fsp3) is 0.625. The van der Waals surface area contributed by atoms with Crippen molar-refractivity contribution in [3.63, 3.8) is 0 Å². The van der Waals surface area contributed by atoms with Gasteiger partial charge in [0.05, 0.1) is 0 Å². The minimum Gasteiger partial charge on any atom is -0.371 e. The van der Waals surface area contributed by atoms with Gasteiger partial charge in [-0.1, -0.05) is 12.1 Å². The normalized spacial score (nSPS) is 30.5. The van der Waals surface area contributed by atoms with Crippen molar-refractivity contribution < 1.29 is 0 Å². The quantitative estimate of drug-likeness (QED) is 0.819. The third-order valence-corrected chi connectivity index (χ3v) is 5.13. The molecular weight excluding hydrogens is 234 g/mol. The van der Waals surface area contributed by atoms with E-state index >= 15 is 0 Å². The van der Waals surface area contributed by atoms with E-state index in [4.69, 9.17) is 0 Å². The molecule has 3 nitrogen and oxygen atoms in total. The molecule has 0 radical (unpaired) electrons. The van der Waals surface area contributed by atoms with Gasteiger partial charge in [-0.2, -0.15) is 0 Å². The molecule has 2 saturated heterocycles. The molecule has 2 atom stereocenters. The number of likely N-dealkylation sites (tertiary alicyclic amines) is 1. The van der Waals surface area contributed by atoms with Crippen molar-refractivity contribution in [3.05, 3.63) is 29.3 Å². The molecule has 1 aromatic carbocycles. The van der Waals surface area contributed by atoms with Gasteiger partial charge in [-0.25, -0.2) is 0 Å². The van der Waals surface area contributed by atoms with E-state index in [1.165, 1.54) is 43.9 Å². The molecule has 0 amide bonds. The van der Waals surface area contributed by atoms with Gasteiger partial charge >= 0.3 is 0 Å². The highest BCUT2D eigenvalue weighted by Gasteiger charge is 2.39. The lowest BCUT2D eigenvalue weighted by molar-refractivity contribution is 0.387. The maximum atomic E-state index is 3.48. The van der Waals surface area contributed by atoms with Crippen LogP contribution in [0.1, 0.15) is 11.1 Å². The maximum Gasteiger partial charge on any atom is 0.0402 e. The number of nitrogens with zero attached hydrogens (tertiary/aromatic N) is 2. The Morgan fingerprint density at radius 2 is 1.89 bits per heavy atom. The molecular formula is C16H23N3. The Bertz CT molecular complexity index is 471. The summed E-state index contributed by atoms with van der Waals surface area (Å²) < 4.78 is 0. The van der Waals surface area contributed by atoms with Crippen LogP contribution in [-0.4, -0.2) is 44.7 Å². The molecule has 3 aliphatic rings. The van der Waals surface area contributed by atoms with E-state index in [2.05, 4.69) is 40.4 Å². The Hall–Kier alpha value is -1.06. The van der Waals surface area contributed by atoms with Crippen LogP contribution in [0.5, 0.6) is 0 Å². The number of hydrogen-bond donors (Lipinski definition) is 1. The summed E-state index contributed by atoms with van der Waals surface area (Å²) in [6, 6.07) is 6.87. The Kier molecular flexibility index (Phi) is 2.78. The van der Waals surface area contributed by atoms with Crippen molar-refractivity contribution >= 4 is 5.69 Å². The molecule has 2 unspecified atom stereocenters. The molecule has 0 aliphatic carbocycles. The van der Waals surface area contributed by atoms with Crippen LogP contribution in [0.25, 0.3) is 0 Å². The van der Waals surface area contributed by atoms with E-state index < -0.39 is 0 Å². The molecule has 1 aromatic rings. The lowest BCUT2D eigenvalue weighted by atomic mass is 9.98. The van der Waals surface area contributed by atoms with Gasteiger partial charge in [-0.05, 0) is 49.0 Å². The Morgan fingerprint density at radius 1 is 1.11 bits per heavy atom.